The Balaban J connectivity index is 1.80. The van der Waals surface area contributed by atoms with Crippen molar-refractivity contribution in [2.75, 3.05) is 35.9 Å². The zero-order valence-electron chi connectivity index (χ0n) is 26.8. The van der Waals surface area contributed by atoms with E-state index in [1.807, 2.05) is 0 Å². The van der Waals surface area contributed by atoms with Crippen LogP contribution in [0.5, 0.6) is 0 Å². The summed E-state index contributed by atoms with van der Waals surface area (Å²) in [5.41, 5.74) is -3.87. The highest BCUT2D eigenvalue weighted by molar-refractivity contribution is 5.90. The van der Waals surface area contributed by atoms with Crippen molar-refractivity contribution >= 4 is 23.4 Å². The monoisotopic (exact) mass is 707 g/mol. The third-order valence-corrected chi connectivity index (χ3v) is 7.81. The van der Waals surface area contributed by atoms with Crippen LogP contribution in [-0.2, 0) is 34.4 Å². The number of nitrogens with zero attached hydrogens (tertiary/aromatic N) is 3. The minimum Gasteiger partial charge on any atom is -0.449 e. The number of ether oxygens (including phenoxy) is 2. The van der Waals surface area contributed by atoms with E-state index in [0.717, 1.165) is 12.1 Å². The summed E-state index contributed by atoms with van der Waals surface area (Å²) in [7, 11) is 1.43. The Hall–Kier alpha value is -4.28. The molecule has 0 radical (unpaired) electrons. The van der Waals surface area contributed by atoms with Crippen molar-refractivity contribution in [2.45, 2.75) is 76.7 Å². The van der Waals surface area contributed by atoms with E-state index in [9.17, 15) is 44.3 Å². The molecular formula is C32H34F9N5O3. The fourth-order valence-corrected chi connectivity index (χ4v) is 5.63. The molecule has 0 saturated carbocycles. The molecule has 268 valence electrons. The number of halogens is 9. The molecule has 2 heterocycles. The van der Waals surface area contributed by atoms with Gasteiger partial charge in [-0.05, 0) is 74.2 Å². The Bertz CT molecular complexity index is 1600. The number of hydrogen-bond donors (Lipinski definition) is 2. The lowest BCUT2D eigenvalue weighted by molar-refractivity contribution is -0.143. The van der Waals surface area contributed by atoms with Crippen LogP contribution in [0.4, 0.5) is 61.6 Å². The molecule has 1 aromatic heterocycles. The summed E-state index contributed by atoms with van der Waals surface area (Å²) in [4.78, 5) is 22.9. The predicted octanol–water partition coefficient (Wildman–Crippen LogP) is 8.87. The molecule has 3 atom stereocenters. The van der Waals surface area contributed by atoms with Gasteiger partial charge in [0.05, 0.1) is 59.2 Å². The summed E-state index contributed by atoms with van der Waals surface area (Å²) in [6.07, 6.45) is -14.3. The summed E-state index contributed by atoms with van der Waals surface area (Å²) in [5, 5.41) is 6.03. The molecule has 0 aliphatic carbocycles. The van der Waals surface area contributed by atoms with Gasteiger partial charge in [-0.1, -0.05) is 6.92 Å². The van der Waals surface area contributed by atoms with E-state index < -0.39 is 59.8 Å². The van der Waals surface area contributed by atoms with Gasteiger partial charge in [0.15, 0.2) is 0 Å². The summed E-state index contributed by atoms with van der Waals surface area (Å²) in [6.45, 7) is 5.29. The zero-order chi connectivity index (χ0) is 36.3. The van der Waals surface area contributed by atoms with Gasteiger partial charge in [0.1, 0.15) is 0 Å². The topological polar surface area (TPSA) is 88.6 Å². The molecule has 1 aliphatic rings. The third kappa shape index (κ3) is 9.05. The minimum atomic E-state index is -5.07. The number of alkyl halides is 9. The maximum atomic E-state index is 13.8. The van der Waals surface area contributed by atoms with Crippen LogP contribution in [0.15, 0.2) is 42.6 Å². The molecule has 1 amide bonds. The number of rotatable bonds is 10. The number of benzene rings is 2. The molecule has 0 saturated heterocycles. The average molecular weight is 708 g/mol. The van der Waals surface area contributed by atoms with Gasteiger partial charge in [0, 0.05) is 25.6 Å². The quantitative estimate of drug-likeness (QED) is 0.204. The lowest BCUT2D eigenvalue weighted by Gasteiger charge is -2.40. The second-order valence-corrected chi connectivity index (χ2v) is 11.5. The molecule has 3 aromatic rings. The van der Waals surface area contributed by atoms with Crippen LogP contribution in [0.3, 0.4) is 0 Å². The number of nitrogens with one attached hydrogen (secondary N) is 2. The van der Waals surface area contributed by atoms with E-state index in [-0.39, 0.29) is 65.9 Å². The first-order valence-electron chi connectivity index (χ1n) is 15.2. The van der Waals surface area contributed by atoms with Crippen LogP contribution in [0.25, 0.3) is 0 Å². The van der Waals surface area contributed by atoms with E-state index >= 15 is 0 Å². The number of hydrogen-bond acceptors (Lipinski definition) is 7. The Morgan fingerprint density at radius 2 is 1.59 bits per heavy atom. The summed E-state index contributed by atoms with van der Waals surface area (Å²) >= 11 is 0. The number of carbonyl (C=O) groups is 1. The van der Waals surface area contributed by atoms with Crippen LogP contribution in [-0.4, -0.2) is 48.5 Å². The number of anilines is 3. The number of amides is 1. The van der Waals surface area contributed by atoms with Crippen molar-refractivity contribution in [2.24, 2.45) is 0 Å². The molecule has 1 unspecified atom stereocenters. The molecule has 0 spiro atoms. The number of carbonyl (C=O) groups excluding carboxylic acids is 1. The largest absolute Gasteiger partial charge is 0.449 e. The van der Waals surface area contributed by atoms with E-state index in [1.54, 1.807) is 20.8 Å². The van der Waals surface area contributed by atoms with Gasteiger partial charge >= 0.3 is 24.6 Å². The smallest absolute Gasteiger partial charge is 0.416 e. The van der Waals surface area contributed by atoms with Gasteiger partial charge in [0.25, 0.3) is 0 Å². The van der Waals surface area contributed by atoms with Crippen molar-refractivity contribution in [3.8, 4) is 0 Å². The first kappa shape index (κ1) is 37.5. The van der Waals surface area contributed by atoms with Gasteiger partial charge in [-0.3, -0.25) is 4.90 Å². The SMILES string of the molecule is CCOC(=O)N1c2ccc(C(F)(F)F)cc2[C@@H](Nc2ncc(NC(C)COC)c(Cc3cc(C(F)(F)F)cc(C(F)(F)F)c3)n2)C[C@H]1CC. The van der Waals surface area contributed by atoms with E-state index in [4.69, 9.17) is 9.47 Å². The molecule has 0 fully saturated rings. The molecule has 8 nitrogen and oxygen atoms in total. The van der Waals surface area contributed by atoms with Crippen LogP contribution in [0.1, 0.15) is 73.2 Å². The Morgan fingerprint density at radius 3 is 2.14 bits per heavy atom. The zero-order valence-corrected chi connectivity index (χ0v) is 26.8. The summed E-state index contributed by atoms with van der Waals surface area (Å²) in [5.74, 6) is -0.157. The lowest BCUT2D eigenvalue weighted by Crippen LogP contribution is -2.46. The van der Waals surface area contributed by atoms with Crippen LogP contribution in [0.2, 0.25) is 0 Å². The number of methoxy groups -OCH3 is 1. The first-order valence-corrected chi connectivity index (χ1v) is 15.2. The molecule has 2 aromatic carbocycles. The van der Waals surface area contributed by atoms with Crippen LogP contribution in [0, 0.1) is 0 Å². The standard InChI is InChI=1S/C32H34F9N5O3/c1-5-22-14-24(23-13-19(30(33,34)35)7-8-27(23)46(22)29(47)49-6-2)44-28-42-15-26(43-17(3)16-48-4)25(45-28)11-18-9-20(31(36,37)38)12-21(10-18)32(39,40)41/h7-10,12-13,15,17,22,24,43H,5-6,11,14,16H2,1-4H3,(H,42,44,45)/t17?,22-,24+/m1/s1. The van der Waals surface area contributed by atoms with Gasteiger partial charge in [-0.2, -0.15) is 39.5 Å². The van der Waals surface area contributed by atoms with Crippen molar-refractivity contribution in [1.29, 1.82) is 0 Å². The van der Waals surface area contributed by atoms with Crippen molar-refractivity contribution < 1.29 is 53.8 Å². The highest BCUT2D eigenvalue weighted by atomic mass is 19.4. The maximum absolute atomic E-state index is 13.8. The normalized spacial score (nSPS) is 17.4. The minimum absolute atomic E-state index is 0.00756. The van der Waals surface area contributed by atoms with Crippen molar-refractivity contribution in [3.63, 3.8) is 0 Å². The van der Waals surface area contributed by atoms with E-state index in [1.165, 1.54) is 24.3 Å². The maximum Gasteiger partial charge on any atom is 0.416 e. The summed E-state index contributed by atoms with van der Waals surface area (Å²) < 4.78 is 133. The molecule has 4 rings (SSSR count). The van der Waals surface area contributed by atoms with Crippen molar-refractivity contribution in [3.05, 3.63) is 76.1 Å². The predicted molar refractivity (Wildman–Crippen MR) is 162 cm³/mol. The first-order chi connectivity index (χ1) is 22.8. The van der Waals surface area contributed by atoms with E-state index in [0.29, 0.717) is 18.6 Å². The van der Waals surface area contributed by atoms with Gasteiger partial charge < -0.3 is 20.1 Å². The lowest BCUT2D eigenvalue weighted by atomic mass is 9.89. The van der Waals surface area contributed by atoms with Gasteiger partial charge in [0.2, 0.25) is 5.95 Å². The van der Waals surface area contributed by atoms with Crippen molar-refractivity contribution in [1.82, 2.24) is 9.97 Å². The van der Waals surface area contributed by atoms with Crippen LogP contribution >= 0.6 is 0 Å². The fraction of sp³-hybridized carbons (Fsp3) is 0.469. The van der Waals surface area contributed by atoms with Gasteiger partial charge in [-0.25, -0.2) is 14.8 Å². The highest BCUT2D eigenvalue weighted by Gasteiger charge is 2.40. The van der Waals surface area contributed by atoms with Gasteiger partial charge in [-0.15, -0.1) is 0 Å². The number of fused-ring (bicyclic) bond motifs is 1. The van der Waals surface area contributed by atoms with Crippen LogP contribution < -0.4 is 15.5 Å². The van der Waals surface area contributed by atoms with E-state index in [2.05, 4.69) is 20.6 Å². The molecule has 17 heteroatoms. The Morgan fingerprint density at radius 1 is 0.959 bits per heavy atom. The third-order valence-electron chi connectivity index (χ3n) is 7.81. The second kappa shape index (κ2) is 14.7. The average Bonchev–Trinajstić information content (AvgIpc) is 3.00. The molecule has 49 heavy (non-hydrogen) atoms. The highest BCUT2D eigenvalue weighted by Crippen LogP contribution is 2.43. The Kier molecular flexibility index (Phi) is 11.2. The number of aromatic nitrogens is 2. The second-order valence-electron chi connectivity index (χ2n) is 11.5. The summed E-state index contributed by atoms with van der Waals surface area (Å²) in [6, 6.07) is 2.33. The fourth-order valence-electron chi connectivity index (χ4n) is 5.63. The molecule has 2 N–H and O–H groups in total. The molecular weight excluding hydrogens is 673 g/mol. The molecule has 0 bridgehead atoms. The molecule has 1 aliphatic heterocycles. The Labute approximate surface area is 276 Å².